The third-order valence-electron chi connectivity index (χ3n) is 16.5. The van der Waals surface area contributed by atoms with Crippen LogP contribution in [0, 0.1) is 17.8 Å². The highest BCUT2D eigenvalue weighted by atomic mass is 31.2. The average Bonchev–Trinajstić information content (AvgIpc) is 3.35. The number of ether oxygens (including phenoxy) is 4. The number of hydrogen-bond donors (Lipinski definition) is 3. The fraction of sp³-hybridized carbons (Fsp3) is 0.887. The Hall–Kier alpha value is -2.46. The molecule has 0 saturated heterocycles. The molecule has 0 radical (unpaired) electrons. The van der Waals surface area contributed by atoms with Gasteiger partial charge >= 0.3 is 39.5 Å². The van der Waals surface area contributed by atoms with Crippen LogP contribution < -0.4 is 0 Å². The molecule has 530 valence electrons. The molecule has 0 spiro atoms. The lowest BCUT2D eigenvalue weighted by atomic mass is 10.00. The van der Waals surface area contributed by atoms with Gasteiger partial charge in [0.05, 0.1) is 26.4 Å². The summed E-state index contributed by atoms with van der Waals surface area (Å²) in [6.45, 7) is 11.7. The number of phosphoric acid groups is 2. The normalized spacial score (nSPS) is 15.0. The molecular weight excluding hydrogens is 1190 g/mol. The number of esters is 4. The Kier molecular flexibility index (Phi) is 59.7. The van der Waals surface area contributed by atoms with Crippen molar-refractivity contribution in [3.05, 3.63) is 24.3 Å². The molecule has 0 saturated carbocycles. The van der Waals surface area contributed by atoms with Gasteiger partial charge < -0.3 is 33.8 Å². The Labute approximate surface area is 548 Å². The number of aliphatic hydroxyl groups is 1. The first kappa shape index (κ1) is 87.5. The van der Waals surface area contributed by atoms with Gasteiger partial charge in [0.2, 0.25) is 0 Å². The van der Waals surface area contributed by atoms with Crippen molar-refractivity contribution in [2.45, 2.75) is 349 Å². The molecule has 0 rings (SSSR count). The summed E-state index contributed by atoms with van der Waals surface area (Å²) in [5.41, 5.74) is 0. The van der Waals surface area contributed by atoms with Crippen molar-refractivity contribution in [2.75, 3.05) is 39.6 Å². The molecule has 0 aromatic carbocycles. The maximum atomic E-state index is 13.0. The van der Waals surface area contributed by atoms with E-state index < -0.39 is 97.5 Å². The van der Waals surface area contributed by atoms with E-state index in [2.05, 4.69) is 72.8 Å². The number of allylic oxidation sites excluding steroid dienone is 4. The second-order valence-corrected chi connectivity index (χ2v) is 28.8. The number of hydrogen-bond acceptors (Lipinski definition) is 15. The molecule has 0 aliphatic heterocycles. The highest BCUT2D eigenvalue weighted by Crippen LogP contribution is 2.45. The van der Waals surface area contributed by atoms with E-state index in [4.69, 9.17) is 37.0 Å². The first-order chi connectivity index (χ1) is 43.3. The zero-order valence-corrected chi connectivity index (χ0v) is 59.9. The lowest BCUT2D eigenvalue weighted by molar-refractivity contribution is -0.161. The van der Waals surface area contributed by atoms with Crippen LogP contribution in [0.25, 0.3) is 0 Å². The number of aliphatic hydroxyl groups excluding tert-OH is 1. The molecule has 0 amide bonds. The van der Waals surface area contributed by atoms with Crippen molar-refractivity contribution in [3.63, 3.8) is 0 Å². The Morgan fingerprint density at radius 3 is 0.989 bits per heavy atom. The van der Waals surface area contributed by atoms with E-state index in [1.54, 1.807) is 0 Å². The third kappa shape index (κ3) is 61.7. The van der Waals surface area contributed by atoms with E-state index >= 15 is 0 Å². The minimum absolute atomic E-state index is 0.0957. The predicted molar refractivity (Wildman–Crippen MR) is 363 cm³/mol. The molecule has 19 heteroatoms. The lowest BCUT2D eigenvalue weighted by Gasteiger charge is -2.21. The van der Waals surface area contributed by atoms with Gasteiger partial charge in [-0.3, -0.25) is 37.3 Å². The monoisotopic (exact) mass is 1320 g/mol. The molecule has 4 unspecified atom stereocenters. The summed E-state index contributed by atoms with van der Waals surface area (Å²) in [7, 11) is -9.91. The van der Waals surface area contributed by atoms with Gasteiger partial charge in [-0.15, -0.1) is 0 Å². The highest BCUT2D eigenvalue weighted by Gasteiger charge is 2.30. The van der Waals surface area contributed by atoms with E-state index in [0.29, 0.717) is 31.6 Å². The van der Waals surface area contributed by atoms with Crippen LogP contribution >= 0.6 is 15.6 Å². The van der Waals surface area contributed by atoms with Gasteiger partial charge in [-0.05, 0) is 69.1 Å². The van der Waals surface area contributed by atoms with Gasteiger partial charge in [0, 0.05) is 25.7 Å². The highest BCUT2D eigenvalue weighted by molar-refractivity contribution is 7.47. The fourth-order valence-corrected chi connectivity index (χ4v) is 11.7. The first-order valence-corrected chi connectivity index (χ1v) is 39.2. The van der Waals surface area contributed by atoms with E-state index in [1.807, 2.05) is 0 Å². The molecule has 0 heterocycles. The zero-order chi connectivity index (χ0) is 66.6. The smallest absolute Gasteiger partial charge is 0.462 e. The summed E-state index contributed by atoms with van der Waals surface area (Å²) in [5.74, 6) is 0.0613. The Morgan fingerprint density at radius 2 is 0.656 bits per heavy atom. The second-order valence-electron chi connectivity index (χ2n) is 25.9. The van der Waals surface area contributed by atoms with Crippen LogP contribution in [-0.4, -0.2) is 96.7 Å². The molecule has 0 bridgehead atoms. The van der Waals surface area contributed by atoms with Crippen LogP contribution in [-0.2, 0) is 65.4 Å². The Balaban J connectivity index is 5.27. The van der Waals surface area contributed by atoms with Crippen LogP contribution in [0.5, 0.6) is 0 Å². The minimum atomic E-state index is -4.96. The summed E-state index contributed by atoms with van der Waals surface area (Å²) in [6, 6.07) is 0. The lowest BCUT2D eigenvalue weighted by Crippen LogP contribution is -2.30. The maximum Gasteiger partial charge on any atom is 0.472 e. The van der Waals surface area contributed by atoms with Crippen molar-refractivity contribution >= 4 is 39.5 Å². The van der Waals surface area contributed by atoms with Crippen molar-refractivity contribution < 1.29 is 80.2 Å². The number of carbonyl (C=O) groups is 4. The number of carbonyl (C=O) groups excluding carboxylic acids is 4. The topological polar surface area (TPSA) is 237 Å². The Morgan fingerprint density at radius 1 is 0.367 bits per heavy atom. The van der Waals surface area contributed by atoms with E-state index in [0.717, 1.165) is 127 Å². The van der Waals surface area contributed by atoms with E-state index in [-0.39, 0.29) is 25.7 Å². The van der Waals surface area contributed by atoms with Gasteiger partial charge in [-0.25, -0.2) is 9.13 Å². The minimum Gasteiger partial charge on any atom is -0.462 e. The summed E-state index contributed by atoms with van der Waals surface area (Å²) >= 11 is 0. The average molecular weight is 1320 g/mol. The molecular formula is C71H134O17P2. The summed E-state index contributed by atoms with van der Waals surface area (Å²) in [5, 5.41) is 10.6. The van der Waals surface area contributed by atoms with E-state index in [1.165, 1.54) is 116 Å². The van der Waals surface area contributed by atoms with E-state index in [9.17, 15) is 43.2 Å². The number of rotatable bonds is 67. The molecule has 0 aliphatic rings. The maximum absolute atomic E-state index is 13.0. The zero-order valence-electron chi connectivity index (χ0n) is 58.1. The summed E-state index contributed by atoms with van der Waals surface area (Å²) in [4.78, 5) is 72.5. The van der Waals surface area contributed by atoms with Crippen LogP contribution in [0.2, 0.25) is 0 Å². The molecule has 3 N–H and O–H groups in total. The van der Waals surface area contributed by atoms with Crippen molar-refractivity contribution in [3.8, 4) is 0 Å². The number of unbranched alkanes of at least 4 members (excludes halogenated alkanes) is 30. The summed E-state index contributed by atoms with van der Waals surface area (Å²) < 4.78 is 68.2. The molecule has 0 aromatic rings. The quantitative estimate of drug-likeness (QED) is 0.0169. The van der Waals surface area contributed by atoms with Crippen molar-refractivity contribution in [1.29, 1.82) is 0 Å². The number of phosphoric ester groups is 2. The van der Waals surface area contributed by atoms with Gasteiger partial charge in [-0.2, -0.15) is 0 Å². The molecule has 0 fully saturated rings. The fourth-order valence-electron chi connectivity index (χ4n) is 10.1. The van der Waals surface area contributed by atoms with Crippen LogP contribution in [0.3, 0.4) is 0 Å². The molecule has 7 atom stereocenters. The SMILES string of the molecule is CCCCCC/C=C\C=C/CCCCCCCC(=O)OC[C@H](COP(=O)(O)OC[C@@H](O)COP(=O)(O)OC[C@@H](COC(=O)CCCCCCCCC(C)CC)OC(=O)CCCCCCCCCCCCCCC(C)C)OC(=O)CCCCCCCCC(C)CC. The van der Waals surface area contributed by atoms with Gasteiger partial charge in [0.15, 0.2) is 12.2 Å². The largest absolute Gasteiger partial charge is 0.472 e. The van der Waals surface area contributed by atoms with Crippen molar-refractivity contribution in [2.24, 2.45) is 17.8 Å². The van der Waals surface area contributed by atoms with Crippen molar-refractivity contribution in [1.82, 2.24) is 0 Å². The molecule has 0 aromatic heterocycles. The molecule has 17 nitrogen and oxygen atoms in total. The molecule has 90 heavy (non-hydrogen) atoms. The van der Waals surface area contributed by atoms with Gasteiger partial charge in [0.1, 0.15) is 19.3 Å². The van der Waals surface area contributed by atoms with Crippen LogP contribution in [0.1, 0.15) is 331 Å². The predicted octanol–water partition coefficient (Wildman–Crippen LogP) is 19.8. The van der Waals surface area contributed by atoms with Gasteiger partial charge in [-0.1, -0.05) is 278 Å². The van der Waals surface area contributed by atoms with Crippen LogP contribution in [0.15, 0.2) is 24.3 Å². The standard InChI is InChI=1S/C71H134O17P2/c1-8-11-12-13-14-15-16-17-18-19-23-26-29-38-45-52-68(73)81-58-67(88-71(76)55-48-41-34-32-37-44-51-64(7)10-3)61-86-90(79,80)84-57-65(72)56-83-89(77,78)85-60-66(59-82-69(74)53-46-39-33-31-36-43-50-63(6)9-2)87-70(75)54-47-40-30-27-24-21-20-22-25-28-35-42-49-62(4)5/h15-18,62-67,72H,8-14,19-61H2,1-7H3,(H,77,78)(H,79,80)/b16-15-,18-17-/t63?,64?,65-,66+,67+/m0/s1. The second kappa shape index (κ2) is 61.4. The summed E-state index contributed by atoms with van der Waals surface area (Å²) in [6.07, 6.45) is 48.1. The first-order valence-electron chi connectivity index (χ1n) is 36.2. The van der Waals surface area contributed by atoms with Crippen LogP contribution in [0.4, 0.5) is 0 Å². The third-order valence-corrected chi connectivity index (χ3v) is 18.4. The molecule has 0 aliphatic carbocycles. The Bertz CT molecular complexity index is 1860. The van der Waals surface area contributed by atoms with Gasteiger partial charge in [0.25, 0.3) is 0 Å².